The second-order valence-electron chi connectivity index (χ2n) is 5.91. The predicted octanol–water partition coefficient (Wildman–Crippen LogP) is 5.15. The Morgan fingerprint density at radius 2 is 1.95 bits per heavy atom. The monoisotopic (exact) mass is 276 g/mol. The maximum absolute atomic E-state index is 13.9. The van der Waals surface area contributed by atoms with Gasteiger partial charge in [0.15, 0.2) is 0 Å². The van der Waals surface area contributed by atoms with E-state index in [0.29, 0.717) is 5.75 Å². The average molecular weight is 276 g/mol. The van der Waals surface area contributed by atoms with Gasteiger partial charge in [-0.25, -0.2) is 4.39 Å². The first-order valence-corrected chi connectivity index (χ1v) is 7.66. The molecule has 2 rings (SSSR count). The Kier molecular flexibility index (Phi) is 5.63. The van der Waals surface area contributed by atoms with Crippen molar-refractivity contribution in [1.82, 2.24) is 0 Å². The van der Waals surface area contributed by atoms with E-state index in [9.17, 15) is 4.39 Å². The minimum atomic E-state index is -0.135. The van der Waals surface area contributed by atoms with Gasteiger partial charge in [-0.2, -0.15) is 0 Å². The number of hydrogen-bond acceptors (Lipinski definition) is 1. The molecule has 0 bridgehead atoms. The molecule has 0 spiro atoms. The van der Waals surface area contributed by atoms with Gasteiger partial charge in [0.1, 0.15) is 11.6 Å². The first kappa shape index (κ1) is 15.1. The lowest BCUT2D eigenvalue weighted by Gasteiger charge is -2.27. The molecule has 0 unspecified atom stereocenters. The third kappa shape index (κ3) is 4.09. The van der Waals surface area contributed by atoms with Gasteiger partial charge in [0.2, 0.25) is 0 Å². The van der Waals surface area contributed by atoms with Gasteiger partial charge in [0, 0.05) is 6.07 Å². The highest BCUT2D eigenvalue weighted by Gasteiger charge is 2.20. The van der Waals surface area contributed by atoms with Crippen LogP contribution < -0.4 is 4.74 Å². The third-order valence-electron chi connectivity index (χ3n) is 4.55. The summed E-state index contributed by atoms with van der Waals surface area (Å²) in [7, 11) is 1.57. The van der Waals surface area contributed by atoms with Gasteiger partial charge in [-0.1, -0.05) is 25.0 Å². The molecule has 20 heavy (non-hydrogen) atoms. The second-order valence-corrected chi connectivity index (χ2v) is 5.91. The molecule has 110 valence electrons. The van der Waals surface area contributed by atoms with Crippen molar-refractivity contribution in [2.45, 2.75) is 44.9 Å². The lowest BCUT2D eigenvalue weighted by atomic mass is 9.78. The van der Waals surface area contributed by atoms with Crippen LogP contribution in [0.5, 0.6) is 5.75 Å². The fourth-order valence-corrected chi connectivity index (χ4v) is 3.21. The van der Waals surface area contributed by atoms with E-state index in [1.807, 2.05) is 18.2 Å². The van der Waals surface area contributed by atoms with E-state index in [-0.39, 0.29) is 5.82 Å². The van der Waals surface area contributed by atoms with Gasteiger partial charge < -0.3 is 4.74 Å². The highest BCUT2D eigenvalue weighted by atomic mass is 19.1. The fraction of sp³-hybridized carbons (Fsp3) is 0.556. The zero-order chi connectivity index (χ0) is 14.4. The van der Waals surface area contributed by atoms with Crippen molar-refractivity contribution in [2.24, 2.45) is 11.8 Å². The molecule has 0 N–H and O–H groups in total. The number of rotatable bonds is 6. The summed E-state index contributed by atoms with van der Waals surface area (Å²) >= 11 is 0. The molecule has 1 aliphatic rings. The number of ether oxygens (including phenoxy) is 1. The molecular weight excluding hydrogens is 251 g/mol. The van der Waals surface area contributed by atoms with E-state index in [2.05, 4.69) is 6.58 Å². The predicted molar refractivity (Wildman–Crippen MR) is 81.5 cm³/mol. The first-order valence-electron chi connectivity index (χ1n) is 7.66. The topological polar surface area (TPSA) is 9.23 Å². The number of allylic oxidation sites excluding steroid dienone is 1. The smallest absolute Gasteiger partial charge is 0.130 e. The summed E-state index contributed by atoms with van der Waals surface area (Å²) in [6.45, 7) is 3.82. The molecule has 1 aromatic carbocycles. The molecule has 1 aromatic rings. The maximum Gasteiger partial charge on any atom is 0.130 e. The SMILES string of the molecule is C=CC[C@H]1CC[C@H](CCc2ccc(OC)cc2F)CC1. The van der Waals surface area contributed by atoms with Crippen molar-refractivity contribution in [3.8, 4) is 5.75 Å². The van der Waals surface area contributed by atoms with Gasteiger partial charge >= 0.3 is 0 Å². The molecule has 0 aromatic heterocycles. The highest BCUT2D eigenvalue weighted by molar-refractivity contribution is 5.28. The number of hydrogen-bond donors (Lipinski definition) is 0. The van der Waals surface area contributed by atoms with Crippen LogP contribution in [0.4, 0.5) is 4.39 Å². The van der Waals surface area contributed by atoms with Crippen LogP contribution in [0.15, 0.2) is 30.9 Å². The molecule has 1 fully saturated rings. The summed E-state index contributed by atoms with van der Waals surface area (Å²) in [4.78, 5) is 0. The fourth-order valence-electron chi connectivity index (χ4n) is 3.21. The van der Waals surface area contributed by atoms with Crippen LogP contribution in [-0.2, 0) is 6.42 Å². The van der Waals surface area contributed by atoms with Crippen molar-refractivity contribution in [2.75, 3.05) is 7.11 Å². The molecule has 0 atom stereocenters. The molecule has 1 saturated carbocycles. The lowest BCUT2D eigenvalue weighted by molar-refractivity contribution is 0.264. The quantitative estimate of drug-likeness (QED) is 0.653. The Morgan fingerprint density at radius 3 is 2.55 bits per heavy atom. The van der Waals surface area contributed by atoms with Crippen LogP contribution in [0.2, 0.25) is 0 Å². The van der Waals surface area contributed by atoms with Crippen LogP contribution in [0.1, 0.15) is 44.1 Å². The summed E-state index contributed by atoms with van der Waals surface area (Å²) in [5, 5.41) is 0. The lowest BCUT2D eigenvalue weighted by Crippen LogP contribution is -2.14. The number of methoxy groups -OCH3 is 1. The molecular formula is C18H25FO. The van der Waals surface area contributed by atoms with Crippen LogP contribution >= 0.6 is 0 Å². The molecule has 0 aliphatic heterocycles. The van der Waals surface area contributed by atoms with Gasteiger partial charge in [0.25, 0.3) is 0 Å². The first-order chi connectivity index (χ1) is 9.72. The number of aryl methyl sites for hydroxylation is 1. The Bertz CT molecular complexity index is 433. The van der Waals surface area contributed by atoms with Crippen LogP contribution in [0.3, 0.4) is 0 Å². The Balaban J connectivity index is 1.80. The molecule has 2 heteroatoms. The summed E-state index contributed by atoms with van der Waals surface area (Å²) in [6, 6.07) is 5.19. The zero-order valence-electron chi connectivity index (χ0n) is 12.4. The van der Waals surface area contributed by atoms with E-state index < -0.39 is 0 Å². The van der Waals surface area contributed by atoms with Crippen LogP contribution in [-0.4, -0.2) is 7.11 Å². The minimum Gasteiger partial charge on any atom is -0.497 e. The third-order valence-corrected chi connectivity index (χ3v) is 4.55. The molecule has 0 radical (unpaired) electrons. The van der Waals surface area contributed by atoms with Crippen molar-refractivity contribution >= 4 is 0 Å². The zero-order valence-corrected chi connectivity index (χ0v) is 12.4. The van der Waals surface area contributed by atoms with Crippen molar-refractivity contribution in [3.05, 3.63) is 42.2 Å². The summed E-state index contributed by atoms with van der Waals surface area (Å²) < 4.78 is 18.9. The number of halogens is 1. The Labute approximate surface area is 121 Å². The highest BCUT2D eigenvalue weighted by Crippen LogP contribution is 2.33. The summed E-state index contributed by atoms with van der Waals surface area (Å²) in [5.74, 6) is 2.06. The molecule has 0 saturated heterocycles. The normalized spacial score (nSPS) is 22.5. The Morgan fingerprint density at radius 1 is 1.25 bits per heavy atom. The molecule has 1 nitrogen and oxygen atoms in total. The van der Waals surface area contributed by atoms with E-state index in [4.69, 9.17) is 4.74 Å². The second kappa shape index (κ2) is 7.47. The van der Waals surface area contributed by atoms with E-state index in [1.165, 1.54) is 31.7 Å². The van der Waals surface area contributed by atoms with Crippen molar-refractivity contribution in [3.63, 3.8) is 0 Å². The van der Waals surface area contributed by atoms with E-state index >= 15 is 0 Å². The molecule has 0 heterocycles. The van der Waals surface area contributed by atoms with Crippen LogP contribution in [0.25, 0.3) is 0 Å². The average Bonchev–Trinajstić information content (AvgIpc) is 2.48. The standard InChI is InChI=1S/C18H25FO/c1-3-4-14-5-7-15(8-6-14)9-10-16-11-12-17(20-2)13-18(16)19/h3,11-15H,1,4-10H2,2H3/t14-,15-. The summed E-state index contributed by atoms with van der Waals surface area (Å²) in [5.41, 5.74) is 0.819. The van der Waals surface area contributed by atoms with Gasteiger partial charge in [0.05, 0.1) is 7.11 Å². The van der Waals surface area contributed by atoms with Crippen molar-refractivity contribution in [1.29, 1.82) is 0 Å². The molecule has 1 aliphatic carbocycles. The summed E-state index contributed by atoms with van der Waals surface area (Å²) in [6.07, 6.45) is 10.3. The Hall–Kier alpha value is -1.31. The maximum atomic E-state index is 13.9. The number of benzene rings is 1. The largest absolute Gasteiger partial charge is 0.497 e. The van der Waals surface area contributed by atoms with E-state index in [1.54, 1.807) is 7.11 Å². The van der Waals surface area contributed by atoms with E-state index in [0.717, 1.165) is 36.7 Å². The van der Waals surface area contributed by atoms with Crippen molar-refractivity contribution < 1.29 is 9.13 Å². The molecule has 0 amide bonds. The van der Waals surface area contributed by atoms with Gasteiger partial charge in [-0.05, 0) is 55.6 Å². The van der Waals surface area contributed by atoms with Gasteiger partial charge in [-0.3, -0.25) is 0 Å². The van der Waals surface area contributed by atoms with Gasteiger partial charge in [-0.15, -0.1) is 6.58 Å². The minimum absolute atomic E-state index is 0.135. The van der Waals surface area contributed by atoms with Crippen LogP contribution in [0, 0.1) is 17.7 Å².